The van der Waals surface area contributed by atoms with Crippen LogP contribution in [0.3, 0.4) is 0 Å². The summed E-state index contributed by atoms with van der Waals surface area (Å²) in [4.78, 5) is 0. The van der Waals surface area contributed by atoms with Crippen LogP contribution in [-0.4, -0.2) is 32.5 Å². The predicted octanol–water partition coefficient (Wildman–Crippen LogP) is 1.78. The zero-order chi connectivity index (χ0) is 12.8. The van der Waals surface area contributed by atoms with Crippen molar-refractivity contribution in [3.8, 4) is 11.5 Å². The number of aliphatic hydroxyl groups excluding tert-OH is 1. The predicted molar refractivity (Wildman–Crippen MR) is 68.1 cm³/mol. The van der Waals surface area contributed by atoms with Crippen LogP contribution in [0, 0.1) is 0 Å². The third-order valence-corrected chi connectivity index (χ3v) is 3.11. The van der Waals surface area contributed by atoms with Crippen LogP contribution in [0.2, 0.25) is 5.02 Å². The molecule has 96 valence electrons. The quantitative estimate of drug-likeness (QED) is 0.817. The van der Waals surface area contributed by atoms with Crippen molar-refractivity contribution in [1.82, 2.24) is 0 Å². The molecule has 4 nitrogen and oxygen atoms in total. The van der Waals surface area contributed by atoms with Crippen LogP contribution in [0.5, 0.6) is 11.5 Å². The Morgan fingerprint density at radius 3 is 2.53 bits per heavy atom. The van der Waals surface area contributed by atoms with E-state index in [1.165, 1.54) is 7.11 Å². The minimum Gasteiger partial charge on any atom is -0.493 e. The van der Waals surface area contributed by atoms with Crippen LogP contribution in [0.1, 0.15) is 17.9 Å². The molecule has 0 saturated carbocycles. The molecule has 1 unspecified atom stereocenters. The Morgan fingerprint density at radius 1 is 1.35 bits per heavy atom. The van der Waals surface area contributed by atoms with Gasteiger partial charge in [-0.3, -0.25) is 0 Å². The van der Waals surface area contributed by atoms with E-state index in [4.69, 9.17) is 31.9 Å². The summed E-state index contributed by atoms with van der Waals surface area (Å²) in [5, 5.41) is 9.49. The van der Waals surface area contributed by atoms with Crippen LogP contribution >= 0.6 is 11.6 Å². The molecule has 0 bridgehead atoms. The van der Waals surface area contributed by atoms with Crippen LogP contribution in [0.15, 0.2) is 12.1 Å². The summed E-state index contributed by atoms with van der Waals surface area (Å²) in [6.45, 7) is 0.502. The van der Waals surface area contributed by atoms with E-state index in [1.54, 1.807) is 13.2 Å². The van der Waals surface area contributed by atoms with Gasteiger partial charge in [-0.15, -0.1) is 0 Å². The third kappa shape index (κ3) is 3.03. The topological polar surface area (TPSA) is 64.7 Å². The fourth-order valence-electron chi connectivity index (χ4n) is 1.78. The summed E-state index contributed by atoms with van der Waals surface area (Å²) >= 11 is 6.26. The van der Waals surface area contributed by atoms with Crippen molar-refractivity contribution in [3.05, 3.63) is 22.7 Å². The van der Waals surface area contributed by atoms with Gasteiger partial charge in [0.05, 0.1) is 19.2 Å². The van der Waals surface area contributed by atoms with Crippen LogP contribution < -0.4 is 15.2 Å². The second-order valence-corrected chi connectivity index (χ2v) is 4.03. The molecule has 0 aromatic heterocycles. The van der Waals surface area contributed by atoms with E-state index in [0.29, 0.717) is 29.5 Å². The minimum absolute atomic E-state index is 0.0207. The average Bonchev–Trinajstić information content (AvgIpc) is 2.36. The van der Waals surface area contributed by atoms with E-state index < -0.39 is 0 Å². The van der Waals surface area contributed by atoms with Crippen molar-refractivity contribution in [2.45, 2.75) is 12.3 Å². The fraction of sp³-hybridized carbons (Fsp3) is 0.500. The number of benzene rings is 1. The van der Waals surface area contributed by atoms with Gasteiger partial charge in [-0.2, -0.15) is 0 Å². The Labute approximate surface area is 106 Å². The van der Waals surface area contributed by atoms with Crippen molar-refractivity contribution < 1.29 is 14.6 Å². The Balaban J connectivity index is 3.16. The highest BCUT2D eigenvalue weighted by molar-refractivity contribution is 6.33. The Kier molecular flexibility index (Phi) is 5.55. The number of ether oxygens (including phenoxy) is 2. The van der Waals surface area contributed by atoms with E-state index in [1.807, 2.05) is 6.07 Å². The molecule has 0 spiro atoms. The zero-order valence-electron chi connectivity index (χ0n) is 10.1. The molecule has 0 aliphatic heterocycles. The second kappa shape index (κ2) is 6.69. The van der Waals surface area contributed by atoms with Gasteiger partial charge in [0.2, 0.25) is 0 Å². The molecule has 1 rings (SSSR count). The van der Waals surface area contributed by atoms with Crippen molar-refractivity contribution in [2.75, 3.05) is 27.4 Å². The van der Waals surface area contributed by atoms with Gasteiger partial charge in [0, 0.05) is 6.61 Å². The molecule has 0 aliphatic rings. The smallest absolute Gasteiger partial charge is 0.179 e. The second-order valence-electron chi connectivity index (χ2n) is 3.65. The number of hydrogen-bond donors (Lipinski definition) is 2. The van der Waals surface area contributed by atoms with Crippen molar-refractivity contribution >= 4 is 11.6 Å². The number of hydrogen-bond acceptors (Lipinski definition) is 4. The number of methoxy groups -OCH3 is 2. The first kappa shape index (κ1) is 14.1. The standard InChI is InChI=1S/C12H18ClNO3/c1-16-10-4-3-9(8(7-14)5-6-15)11(13)12(10)17-2/h3-4,8,15H,5-7,14H2,1-2H3. The van der Waals surface area contributed by atoms with Crippen LogP contribution in [0.25, 0.3) is 0 Å². The maximum atomic E-state index is 8.99. The zero-order valence-corrected chi connectivity index (χ0v) is 10.8. The molecule has 1 aromatic rings. The number of nitrogens with two attached hydrogens (primary N) is 1. The summed E-state index contributed by atoms with van der Waals surface area (Å²) in [6.07, 6.45) is 0.575. The van der Waals surface area contributed by atoms with Gasteiger partial charge in [0.1, 0.15) is 0 Å². The van der Waals surface area contributed by atoms with E-state index in [0.717, 1.165) is 5.56 Å². The van der Waals surface area contributed by atoms with Gasteiger partial charge in [-0.25, -0.2) is 0 Å². The normalized spacial score (nSPS) is 12.3. The molecule has 0 radical (unpaired) electrons. The highest BCUT2D eigenvalue weighted by Gasteiger charge is 2.18. The van der Waals surface area contributed by atoms with Crippen molar-refractivity contribution in [1.29, 1.82) is 0 Å². The monoisotopic (exact) mass is 259 g/mol. The van der Waals surface area contributed by atoms with Crippen molar-refractivity contribution in [3.63, 3.8) is 0 Å². The van der Waals surface area contributed by atoms with E-state index >= 15 is 0 Å². The largest absolute Gasteiger partial charge is 0.493 e. The fourth-order valence-corrected chi connectivity index (χ4v) is 2.16. The SMILES string of the molecule is COc1ccc(C(CN)CCO)c(Cl)c1OC. The van der Waals surface area contributed by atoms with E-state index in [-0.39, 0.29) is 12.5 Å². The lowest BCUT2D eigenvalue weighted by Crippen LogP contribution is -2.14. The molecule has 0 aliphatic carbocycles. The molecule has 3 N–H and O–H groups in total. The first-order chi connectivity index (χ1) is 8.19. The molecule has 0 amide bonds. The highest BCUT2D eigenvalue weighted by atomic mass is 35.5. The molecule has 0 heterocycles. The highest BCUT2D eigenvalue weighted by Crippen LogP contribution is 2.40. The summed E-state index contributed by atoms with van der Waals surface area (Å²) in [5.74, 6) is 1.11. The minimum atomic E-state index is 0.0207. The van der Waals surface area contributed by atoms with E-state index in [9.17, 15) is 0 Å². The summed E-state index contributed by atoms with van der Waals surface area (Å²) in [5.41, 5.74) is 6.56. The molecular formula is C12H18ClNO3. The molecule has 5 heteroatoms. The van der Waals surface area contributed by atoms with Gasteiger partial charge in [0.25, 0.3) is 0 Å². The van der Waals surface area contributed by atoms with Gasteiger partial charge < -0.3 is 20.3 Å². The van der Waals surface area contributed by atoms with Crippen molar-refractivity contribution in [2.24, 2.45) is 5.73 Å². The average molecular weight is 260 g/mol. The first-order valence-corrected chi connectivity index (χ1v) is 5.78. The molecule has 0 fully saturated rings. The first-order valence-electron chi connectivity index (χ1n) is 5.40. The van der Waals surface area contributed by atoms with E-state index in [2.05, 4.69) is 0 Å². The Hall–Kier alpha value is -0.970. The lowest BCUT2D eigenvalue weighted by atomic mass is 9.95. The summed E-state index contributed by atoms with van der Waals surface area (Å²) < 4.78 is 10.4. The van der Waals surface area contributed by atoms with Crippen LogP contribution in [-0.2, 0) is 0 Å². The molecule has 1 atom stereocenters. The van der Waals surface area contributed by atoms with Crippen LogP contribution in [0.4, 0.5) is 0 Å². The lowest BCUT2D eigenvalue weighted by Gasteiger charge is -2.18. The lowest BCUT2D eigenvalue weighted by molar-refractivity contribution is 0.276. The Morgan fingerprint density at radius 2 is 2.06 bits per heavy atom. The summed E-state index contributed by atoms with van der Waals surface area (Å²) in [6, 6.07) is 3.65. The van der Waals surface area contributed by atoms with Gasteiger partial charge >= 0.3 is 0 Å². The Bertz CT molecular complexity index is 371. The third-order valence-electron chi connectivity index (χ3n) is 2.72. The molecule has 17 heavy (non-hydrogen) atoms. The maximum absolute atomic E-state index is 8.99. The van der Waals surface area contributed by atoms with Gasteiger partial charge in [-0.1, -0.05) is 17.7 Å². The van der Waals surface area contributed by atoms with Gasteiger partial charge in [0.15, 0.2) is 11.5 Å². The molecule has 1 aromatic carbocycles. The number of halogens is 1. The molecular weight excluding hydrogens is 242 g/mol. The number of aliphatic hydroxyl groups is 1. The number of rotatable bonds is 6. The summed E-state index contributed by atoms with van der Waals surface area (Å²) in [7, 11) is 3.10. The maximum Gasteiger partial charge on any atom is 0.179 e. The molecule has 0 saturated heterocycles. The van der Waals surface area contributed by atoms with Gasteiger partial charge in [-0.05, 0) is 30.5 Å².